The highest BCUT2D eigenvalue weighted by Gasteiger charge is 2.07. The smallest absolute Gasteiger partial charge is 0.258 e. The number of carbonyl (C=O) groups excluding carboxylic acids is 1. The van der Waals surface area contributed by atoms with Crippen LogP contribution >= 0.6 is 0 Å². The van der Waals surface area contributed by atoms with Gasteiger partial charge in [-0.2, -0.15) is 0 Å². The van der Waals surface area contributed by atoms with Gasteiger partial charge in [-0.15, -0.1) is 0 Å². The van der Waals surface area contributed by atoms with Gasteiger partial charge in [-0.25, -0.2) is 9.37 Å². The van der Waals surface area contributed by atoms with Crippen molar-refractivity contribution >= 4 is 22.5 Å². The topological polar surface area (TPSA) is 84.1 Å². The van der Waals surface area contributed by atoms with Gasteiger partial charge in [0.15, 0.2) is 0 Å². The Bertz CT molecular complexity index is 1300. The third-order valence-corrected chi connectivity index (χ3v) is 4.89. The summed E-state index contributed by atoms with van der Waals surface area (Å²) in [6.45, 7) is 0.228. The maximum absolute atomic E-state index is 13.3. The molecule has 32 heavy (non-hydrogen) atoms. The standard InChI is InChI=1S/C25H22FN3O3/c26-18-7-3-6-17(14-18)16-32-20-9-4-8-19(15-20)27-24(30)13-5-12-23-28-22-11-2-1-10-21(22)25(31)29-23/h1-4,6-11,14-15H,5,12-13,16H2,(H,27,30)(H,28,29,31). The SMILES string of the molecule is O=C(CCCc1nc2ccccc2c(=O)[nH]1)Nc1cccc(OCc2cccc(F)c2)c1. The zero-order valence-corrected chi connectivity index (χ0v) is 17.3. The van der Waals surface area contributed by atoms with Crippen LogP contribution < -0.4 is 15.6 Å². The van der Waals surface area contributed by atoms with Crippen LogP contribution in [0.25, 0.3) is 10.9 Å². The summed E-state index contributed by atoms with van der Waals surface area (Å²) in [5.74, 6) is 0.685. The van der Waals surface area contributed by atoms with Crippen LogP contribution in [-0.4, -0.2) is 15.9 Å². The number of hydrogen-bond acceptors (Lipinski definition) is 4. The number of fused-ring (bicyclic) bond motifs is 1. The highest BCUT2D eigenvalue weighted by molar-refractivity contribution is 5.90. The Morgan fingerprint density at radius 2 is 1.88 bits per heavy atom. The summed E-state index contributed by atoms with van der Waals surface area (Å²) in [4.78, 5) is 31.7. The van der Waals surface area contributed by atoms with E-state index in [9.17, 15) is 14.0 Å². The molecular weight excluding hydrogens is 409 g/mol. The van der Waals surface area contributed by atoms with Crippen LogP contribution in [0.5, 0.6) is 5.75 Å². The molecule has 0 atom stereocenters. The van der Waals surface area contributed by atoms with Crippen LogP contribution in [0.4, 0.5) is 10.1 Å². The van der Waals surface area contributed by atoms with Gasteiger partial charge in [-0.05, 0) is 48.4 Å². The largest absolute Gasteiger partial charge is 0.489 e. The molecule has 0 aliphatic carbocycles. The minimum atomic E-state index is -0.310. The second kappa shape index (κ2) is 9.87. The Kier molecular flexibility index (Phi) is 6.55. The molecule has 1 amide bonds. The van der Waals surface area contributed by atoms with Gasteiger partial charge in [0.2, 0.25) is 5.91 Å². The summed E-state index contributed by atoms with van der Waals surface area (Å²) in [5.41, 5.74) is 1.81. The number of para-hydroxylation sites is 1. The van der Waals surface area contributed by atoms with Gasteiger partial charge in [0, 0.05) is 24.6 Å². The molecular formula is C25H22FN3O3. The van der Waals surface area contributed by atoms with E-state index in [4.69, 9.17) is 4.74 Å². The number of aromatic amines is 1. The van der Waals surface area contributed by atoms with Crippen molar-refractivity contribution in [1.29, 1.82) is 0 Å². The number of hydrogen-bond donors (Lipinski definition) is 2. The van der Waals surface area contributed by atoms with E-state index in [0.717, 1.165) is 5.56 Å². The van der Waals surface area contributed by atoms with Crippen LogP contribution in [-0.2, 0) is 17.8 Å². The van der Waals surface area contributed by atoms with E-state index in [1.807, 2.05) is 6.07 Å². The molecule has 4 aromatic rings. The Morgan fingerprint density at radius 3 is 2.75 bits per heavy atom. The van der Waals surface area contributed by atoms with Crippen molar-refractivity contribution in [2.24, 2.45) is 0 Å². The molecule has 2 N–H and O–H groups in total. The summed E-state index contributed by atoms with van der Waals surface area (Å²) < 4.78 is 19.0. The summed E-state index contributed by atoms with van der Waals surface area (Å²) in [7, 11) is 0. The lowest BCUT2D eigenvalue weighted by molar-refractivity contribution is -0.116. The van der Waals surface area contributed by atoms with E-state index in [2.05, 4.69) is 15.3 Å². The maximum Gasteiger partial charge on any atom is 0.258 e. The monoisotopic (exact) mass is 431 g/mol. The van der Waals surface area contributed by atoms with Crippen LogP contribution in [0.1, 0.15) is 24.2 Å². The third-order valence-electron chi connectivity index (χ3n) is 4.89. The summed E-state index contributed by atoms with van der Waals surface area (Å²) in [5, 5.41) is 3.40. The predicted octanol–water partition coefficient (Wildman–Crippen LogP) is 4.60. The number of nitrogens with zero attached hydrogens (tertiary/aromatic N) is 1. The van der Waals surface area contributed by atoms with Crippen molar-refractivity contribution in [3.8, 4) is 5.75 Å². The first-order valence-electron chi connectivity index (χ1n) is 10.3. The summed E-state index contributed by atoms with van der Waals surface area (Å²) >= 11 is 0. The minimum Gasteiger partial charge on any atom is -0.489 e. The van der Waals surface area contributed by atoms with Gasteiger partial charge in [-0.1, -0.05) is 30.3 Å². The first kappa shape index (κ1) is 21.2. The van der Waals surface area contributed by atoms with Crippen LogP contribution in [0.2, 0.25) is 0 Å². The second-order valence-corrected chi connectivity index (χ2v) is 7.38. The number of halogens is 1. The Labute approximate surface area is 184 Å². The fourth-order valence-electron chi connectivity index (χ4n) is 3.35. The quantitative estimate of drug-likeness (QED) is 0.427. The summed E-state index contributed by atoms with van der Waals surface area (Å²) in [6.07, 6.45) is 1.32. The van der Waals surface area contributed by atoms with Crippen LogP contribution in [0, 0.1) is 5.82 Å². The number of nitrogens with one attached hydrogen (secondary N) is 2. The average Bonchev–Trinajstić information content (AvgIpc) is 2.78. The molecule has 6 nitrogen and oxygen atoms in total. The lowest BCUT2D eigenvalue weighted by atomic mass is 10.2. The van der Waals surface area contributed by atoms with Crippen LogP contribution in [0.3, 0.4) is 0 Å². The molecule has 7 heteroatoms. The number of anilines is 1. The molecule has 3 aromatic carbocycles. The van der Waals surface area contributed by atoms with E-state index in [1.165, 1.54) is 12.1 Å². The Hall–Kier alpha value is -4.00. The van der Waals surface area contributed by atoms with Gasteiger partial charge in [-0.3, -0.25) is 9.59 Å². The predicted molar refractivity (Wildman–Crippen MR) is 121 cm³/mol. The number of ether oxygens (including phenoxy) is 1. The molecule has 0 unspecified atom stereocenters. The van der Waals surface area contributed by atoms with Crippen molar-refractivity contribution < 1.29 is 13.9 Å². The normalized spacial score (nSPS) is 10.8. The van der Waals surface area contributed by atoms with Crippen molar-refractivity contribution in [3.63, 3.8) is 0 Å². The van der Waals surface area contributed by atoms with Gasteiger partial charge in [0.25, 0.3) is 5.56 Å². The maximum atomic E-state index is 13.3. The molecule has 4 rings (SSSR count). The zero-order valence-electron chi connectivity index (χ0n) is 17.3. The molecule has 0 saturated carbocycles. The number of benzene rings is 3. The van der Waals surface area contributed by atoms with E-state index >= 15 is 0 Å². The first-order chi connectivity index (χ1) is 15.6. The molecule has 162 valence electrons. The fourth-order valence-corrected chi connectivity index (χ4v) is 3.35. The number of carbonyl (C=O) groups is 1. The summed E-state index contributed by atoms with van der Waals surface area (Å²) in [6, 6.07) is 20.4. The van der Waals surface area contributed by atoms with Crippen LogP contribution in [0.15, 0.2) is 77.6 Å². The molecule has 0 spiro atoms. The molecule has 0 bridgehead atoms. The molecule has 0 aliphatic rings. The lowest BCUT2D eigenvalue weighted by Gasteiger charge is -2.09. The Morgan fingerprint density at radius 1 is 1.03 bits per heavy atom. The molecule has 0 radical (unpaired) electrons. The lowest BCUT2D eigenvalue weighted by Crippen LogP contribution is -2.14. The number of H-pyrrole nitrogens is 1. The van der Waals surface area contributed by atoms with Gasteiger partial charge < -0.3 is 15.0 Å². The number of aryl methyl sites for hydroxylation is 1. The van der Waals surface area contributed by atoms with Crippen molar-refractivity contribution in [2.45, 2.75) is 25.9 Å². The first-order valence-corrected chi connectivity index (χ1v) is 10.3. The van der Waals surface area contributed by atoms with E-state index in [1.54, 1.807) is 54.6 Å². The highest BCUT2D eigenvalue weighted by atomic mass is 19.1. The average molecular weight is 431 g/mol. The van der Waals surface area contributed by atoms with Gasteiger partial charge in [0.05, 0.1) is 10.9 Å². The van der Waals surface area contributed by atoms with Gasteiger partial charge >= 0.3 is 0 Å². The fraction of sp³-hybridized carbons (Fsp3) is 0.160. The molecule has 1 aromatic heterocycles. The van der Waals surface area contributed by atoms with E-state index in [-0.39, 0.29) is 30.3 Å². The van der Waals surface area contributed by atoms with Crippen molar-refractivity contribution in [2.75, 3.05) is 5.32 Å². The molecule has 0 fully saturated rings. The molecule has 0 aliphatic heterocycles. The van der Waals surface area contributed by atoms with E-state index < -0.39 is 0 Å². The van der Waals surface area contributed by atoms with Gasteiger partial charge in [0.1, 0.15) is 24.0 Å². The highest BCUT2D eigenvalue weighted by Crippen LogP contribution is 2.19. The molecule has 1 heterocycles. The van der Waals surface area contributed by atoms with Crippen molar-refractivity contribution in [3.05, 3.63) is 100 Å². The second-order valence-electron chi connectivity index (χ2n) is 7.38. The number of aromatic nitrogens is 2. The van der Waals surface area contributed by atoms with E-state index in [0.29, 0.717) is 41.0 Å². The Balaban J connectivity index is 1.29. The minimum absolute atomic E-state index is 0.143. The number of rotatable bonds is 8. The number of amides is 1. The van der Waals surface area contributed by atoms with Crippen molar-refractivity contribution in [1.82, 2.24) is 9.97 Å². The zero-order chi connectivity index (χ0) is 22.3. The third kappa shape index (κ3) is 5.57. The molecule has 0 saturated heterocycles.